The molecule has 2 rings (SSSR count). The summed E-state index contributed by atoms with van der Waals surface area (Å²) in [6, 6.07) is 7.97. The Balaban J connectivity index is 2.09. The van der Waals surface area contributed by atoms with Crippen molar-refractivity contribution in [3.05, 3.63) is 29.8 Å². The Morgan fingerprint density at radius 3 is 2.47 bits per heavy atom. The van der Waals surface area contributed by atoms with Crippen LogP contribution in [-0.2, 0) is 0 Å². The van der Waals surface area contributed by atoms with Gasteiger partial charge in [0.2, 0.25) is 0 Å². The molecular weight excluding hydrogens is 256 g/mol. The Kier molecular flexibility index (Phi) is 4.20. The molecule has 1 heterocycles. The van der Waals surface area contributed by atoms with Crippen LogP contribution in [0.5, 0.6) is 5.75 Å². The number of ether oxygens (including phenoxy) is 1. The number of hydrogen-bond donors (Lipinski definition) is 1. The van der Waals surface area contributed by atoms with Gasteiger partial charge in [-0.3, -0.25) is 4.99 Å². The normalized spacial score (nSPS) is 17.0. The highest BCUT2D eigenvalue weighted by Crippen LogP contribution is 2.19. The number of hydrogen-bond acceptors (Lipinski definition) is 3. The highest BCUT2D eigenvalue weighted by molar-refractivity contribution is 7.82. The van der Waals surface area contributed by atoms with E-state index in [2.05, 4.69) is 17.2 Å². The molecule has 0 fully saturated rings. The van der Waals surface area contributed by atoms with Gasteiger partial charge in [0.1, 0.15) is 22.1 Å². The molecule has 0 amide bonds. The van der Waals surface area contributed by atoms with Crippen LogP contribution in [0.3, 0.4) is 0 Å². The summed E-state index contributed by atoms with van der Waals surface area (Å²) in [5.74, 6) is 0.897. The third-order valence-electron chi connectivity index (χ3n) is 2.92. The van der Waals surface area contributed by atoms with Gasteiger partial charge in [-0.05, 0) is 44.5 Å². The quantitative estimate of drug-likeness (QED) is 0.661. The molecule has 102 valence electrons. The zero-order valence-electron chi connectivity index (χ0n) is 11.7. The fourth-order valence-electron chi connectivity index (χ4n) is 1.93. The fraction of sp³-hybridized carbons (Fsp3) is 0.467. The van der Waals surface area contributed by atoms with Gasteiger partial charge in [-0.2, -0.15) is 0 Å². The van der Waals surface area contributed by atoms with Crippen LogP contribution in [0.1, 0.15) is 39.2 Å². The lowest BCUT2D eigenvalue weighted by atomic mass is 10.1. The van der Waals surface area contributed by atoms with Gasteiger partial charge in [-0.25, -0.2) is 0 Å². The predicted molar refractivity (Wildman–Crippen MR) is 83.2 cm³/mol. The fourth-order valence-corrected chi connectivity index (χ4v) is 2.35. The summed E-state index contributed by atoms with van der Waals surface area (Å²) in [5.41, 5.74) is 1.59. The second-order valence-corrected chi connectivity index (χ2v) is 5.61. The number of thiocarbonyl (C=S) groups is 1. The molecule has 1 N–H and O–H groups in total. The van der Waals surface area contributed by atoms with Crippen molar-refractivity contribution in [2.24, 2.45) is 4.99 Å². The van der Waals surface area contributed by atoms with Crippen molar-refractivity contribution in [1.29, 1.82) is 0 Å². The lowest BCUT2D eigenvalue weighted by Crippen LogP contribution is -2.35. The highest BCUT2D eigenvalue weighted by Gasteiger charge is 2.28. The van der Waals surface area contributed by atoms with Crippen LogP contribution in [0.25, 0.3) is 0 Å². The molecular formula is C15H20N2OS. The molecule has 0 saturated carbocycles. The van der Waals surface area contributed by atoms with E-state index in [1.54, 1.807) is 0 Å². The maximum atomic E-state index is 5.64. The van der Waals surface area contributed by atoms with Gasteiger partial charge in [0, 0.05) is 5.56 Å². The van der Waals surface area contributed by atoms with Gasteiger partial charge in [0.15, 0.2) is 0 Å². The first kappa shape index (κ1) is 14.0. The smallest absolute Gasteiger partial charge is 0.127 e. The van der Waals surface area contributed by atoms with Crippen LogP contribution in [-0.4, -0.2) is 23.0 Å². The average molecular weight is 276 g/mol. The van der Waals surface area contributed by atoms with Crippen molar-refractivity contribution in [1.82, 2.24) is 5.32 Å². The van der Waals surface area contributed by atoms with E-state index in [-0.39, 0.29) is 5.66 Å². The van der Waals surface area contributed by atoms with Gasteiger partial charge in [-0.1, -0.05) is 25.6 Å². The first-order valence-corrected chi connectivity index (χ1v) is 7.08. The summed E-state index contributed by atoms with van der Waals surface area (Å²) < 4.78 is 5.64. The SMILES string of the molecule is CCCCOc1ccc(C2=NC(C)(C)NC2=S)cc1. The molecule has 19 heavy (non-hydrogen) atoms. The molecule has 1 aromatic carbocycles. The Labute approximate surface area is 120 Å². The summed E-state index contributed by atoms with van der Waals surface area (Å²) in [7, 11) is 0. The largest absolute Gasteiger partial charge is 0.494 e. The standard InChI is InChI=1S/C15H20N2OS/c1-4-5-10-18-12-8-6-11(7-9-12)13-14(19)17-15(2,3)16-13/h6-9H,4-5,10H2,1-3H3,(H,17,19). The molecule has 0 radical (unpaired) electrons. The minimum absolute atomic E-state index is 0.303. The topological polar surface area (TPSA) is 33.6 Å². The monoisotopic (exact) mass is 276 g/mol. The Bertz CT molecular complexity index is 491. The molecule has 0 unspecified atom stereocenters. The molecule has 0 aliphatic carbocycles. The number of benzene rings is 1. The molecule has 0 saturated heterocycles. The van der Waals surface area contributed by atoms with Crippen molar-refractivity contribution < 1.29 is 4.74 Å². The molecule has 0 bridgehead atoms. The number of nitrogens with one attached hydrogen (secondary N) is 1. The van der Waals surface area contributed by atoms with E-state index in [9.17, 15) is 0 Å². The summed E-state index contributed by atoms with van der Waals surface area (Å²) in [6.07, 6.45) is 2.22. The second kappa shape index (κ2) is 5.70. The van der Waals surface area contributed by atoms with E-state index < -0.39 is 0 Å². The van der Waals surface area contributed by atoms with E-state index in [4.69, 9.17) is 17.0 Å². The van der Waals surface area contributed by atoms with Crippen LogP contribution < -0.4 is 10.1 Å². The second-order valence-electron chi connectivity index (χ2n) is 5.20. The number of rotatable bonds is 5. The number of unbranched alkanes of at least 4 members (excludes halogenated alkanes) is 1. The van der Waals surface area contributed by atoms with Gasteiger partial charge < -0.3 is 10.1 Å². The molecule has 1 aliphatic heterocycles. The number of aliphatic imine (C=N–C) groups is 1. The summed E-state index contributed by atoms with van der Waals surface area (Å²) in [6.45, 7) is 6.94. The van der Waals surface area contributed by atoms with Crippen molar-refractivity contribution in [2.45, 2.75) is 39.3 Å². The molecule has 0 aromatic heterocycles. The van der Waals surface area contributed by atoms with Gasteiger partial charge in [0.05, 0.1) is 6.61 Å². The Morgan fingerprint density at radius 1 is 1.26 bits per heavy atom. The number of nitrogens with zero attached hydrogens (tertiary/aromatic N) is 1. The Hall–Kier alpha value is -1.42. The van der Waals surface area contributed by atoms with Crippen molar-refractivity contribution in [3.8, 4) is 5.75 Å². The Morgan fingerprint density at radius 2 is 1.95 bits per heavy atom. The summed E-state index contributed by atoms with van der Waals surface area (Å²) in [5, 5.41) is 3.19. The molecule has 0 spiro atoms. The minimum atomic E-state index is -0.303. The van der Waals surface area contributed by atoms with Crippen LogP contribution >= 0.6 is 12.2 Å². The molecule has 3 nitrogen and oxygen atoms in total. The van der Waals surface area contributed by atoms with Crippen LogP contribution in [0.15, 0.2) is 29.3 Å². The zero-order chi connectivity index (χ0) is 13.9. The maximum Gasteiger partial charge on any atom is 0.127 e. The molecule has 0 atom stereocenters. The first-order chi connectivity index (χ1) is 9.02. The predicted octanol–water partition coefficient (Wildman–Crippen LogP) is 3.32. The lowest BCUT2D eigenvalue weighted by Gasteiger charge is -2.13. The minimum Gasteiger partial charge on any atom is -0.494 e. The van der Waals surface area contributed by atoms with E-state index >= 15 is 0 Å². The molecule has 4 heteroatoms. The van der Waals surface area contributed by atoms with Gasteiger partial charge in [0.25, 0.3) is 0 Å². The van der Waals surface area contributed by atoms with Crippen molar-refractivity contribution >= 4 is 22.9 Å². The first-order valence-electron chi connectivity index (χ1n) is 6.67. The van der Waals surface area contributed by atoms with E-state index in [1.807, 2.05) is 38.1 Å². The van der Waals surface area contributed by atoms with E-state index in [0.29, 0.717) is 4.99 Å². The van der Waals surface area contributed by atoms with Gasteiger partial charge in [-0.15, -0.1) is 0 Å². The summed E-state index contributed by atoms with van der Waals surface area (Å²) in [4.78, 5) is 5.31. The average Bonchev–Trinajstić information content (AvgIpc) is 2.64. The van der Waals surface area contributed by atoms with E-state index in [1.165, 1.54) is 0 Å². The molecule has 1 aliphatic rings. The molecule has 1 aromatic rings. The zero-order valence-corrected chi connectivity index (χ0v) is 12.5. The van der Waals surface area contributed by atoms with Crippen LogP contribution in [0, 0.1) is 0 Å². The van der Waals surface area contributed by atoms with Gasteiger partial charge >= 0.3 is 0 Å². The van der Waals surface area contributed by atoms with Crippen LogP contribution in [0.2, 0.25) is 0 Å². The van der Waals surface area contributed by atoms with E-state index in [0.717, 1.165) is 36.5 Å². The lowest BCUT2D eigenvalue weighted by molar-refractivity contribution is 0.309. The summed E-state index contributed by atoms with van der Waals surface area (Å²) >= 11 is 5.32. The van der Waals surface area contributed by atoms with Crippen molar-refractivity contribution in [2.75, 3.05) is 6.61 Å². The van der Waals surface area contributed by atoms with Crippen molar-refractivity contribution in [3.63, 3.8) is 0 Å². The third-order valence-corrected chi connectivity index (χ3v) is 3.22. The highest BCUT2D eigenvalue weighted by atomic mass is 32.1. The van der Waals surface area contributed by atoms with Crippen LogP contribution in [0.4, 0.5) is 0 Å². The third kappa shape index (κ3) is 3.53. The maximum absolute atomic E-state index is 5.64.